The molecule has 188 valence electrons. The number of benzene rings is 1. The van der Waals surface area contributed by atoms with Gasteiger partial charge < -0.3 is 23.5 Å². The number of amides is 1. The minimum atomic E-state index is -0.466. The van der Waals surface area contributed by atoms with Crippen molar-refractivity contribution in [3.63, 3.8) is 0 Å². The molecule has 10 heteroatoms. The van der Waals surface area contributed by atoms with E-state index in [2.05, 4.69) is 25.3 Å². The molecule has 1 N–H and O–H groups in total. The van der Waals surface area contributed by atoms with Crippen molar-refractivity contribution in [2.75, 3.05) is 23.3 Å². The lowest BCUT2D eigenvalue weighted by molar-refractivity contribution is 0.130. The number of pyridine rings is 1. The van der Waals surface area contributed by atoms with Crippen LogP contribution in [0.1, 0.15) is 39.4 Å². The Hall–Kier alpha value is -4.08. The van der Waals surface area contributed by atoms with Gasteiger partial charge in [-0.3, -0.25) is 5.32 Å². The van der Waals surface area contributed by atoms with Crippen molar-refractivity contribution in [2.45, 2.75) is 52.2 Å². The van der Waals surface area contributed by atoms with Crippen LogP contribution in [-0.4, -0.2) is 51.1 Å². The molecule has 3 aromatic heterocycles. The van der Waals surface area contributed by atoms with Gasteiger partial charge in [0.1, 0.15) is 17.7 Å². The summed E-state index contributed by atoms with van der Waals surface area (Å²) in [5, 5.41) is 7.72. The summed E-state index contributed by atoms with van der Waals surface area (Å²) in [4.78, 5) is 23.0. The molecule has 1 fully saturated rings. The van der Waals surface area contributed by atoms with Crippen molar-refractivity contribution in [3.05, 3.63) is 54.6 Å². The molecule has 36 heavy (non-hydrogen) atoms. The van der Waals surface area contributed by atoms with Crippen LogP contribution in [0.5, 0.6) is 5.75 Å². The number of ether oxygens (including phenoxy) is 2. The van der Waals surface area contributed by atoms with E-state index in [0.717, 1.165) is 60.6 Å². The Kier molecular flexibility index (Phi) is 6.75. The Bertz CT molecular complexity index is 1320. The fraction of sp³-hybridized carbons (Fsp3) is 0.385. The van der Waals surface area contributed by atoms with Gasteiger partial charge in [0.2, 0.25) is 0 Å². The number of hydrogen-bond acceptors (Lipinski definition) is 8. The monoisotopic (exact) mass is 490 g/mol. The van der Waals surface area contributed by atoms with Gasteiger partial charge in [-0.1, -0.05) is 12.1 Å². The third kappa shape index (κ3) is 5.27. The molecule has 1 aliphatic rings. The molecular formula is C26H30N6O4. The molecule has 0 saturated carbocycles. The van der Waals surface area contributed by atoms with Crippen LogP contribution in [0.25, 0.3) is 16.7 Å². The maximum atomic E-state index is 11.9. The minimum absolute atomic E-state index is 0.114. The van der Waals surface area contributed by atoms with Crippen LogP contribution < -0.4 is 15.0 Å². The quantitative estimate of drug-likeness (QED) is 0.387. The fourth-order valence-electron chi connectivity index (χ4n) is 4.24. The number of piperidine rings is 1. The van der Waals surface area contributed by atoms with Gasteiger partial charge in [-0.25, -0.2) is 9.78 Å². The topological polar surface area (TPSA) is 108 Å². The third-order valence-electron chi connectivity index (χ3n) is 6.04. The maximum Gasteiger partial charge on any atom is 0.411 e. The number of aromatic nitrogens is 4. The van der Waals surface area contributed by atoms with Gasteiger partial charge in [0, 0.05) is 49.6 Å². The van der Waals surface area contributed by atoms with Crippen LogP contribution in [0.3, 0.4) is 0 Å². The highest BCUT2D eigenvalue weighted by Gasteiger charge is 2.24. The van der Waals surface area contributed by atoms with Gasteiger partial charge in [0.15, 0.2) is 5.82 Å². The lowest BCUT2D eigenvalue weighted by Crippen LogP contribution is -2.38. The predicted octanol–water partition coefficient (Wildman–Crippen LogP) is 4.98. The first-order valence-electron chi connectivity index (χ1n) is 12.3. The maximum absolute atomic E-state index is 11.9. The second kappa shape index (κ2) is 10.3. The molecule has 5 rings (SSSR count). The molecule has 4 heterocycles. The molecule has 10 nitrogen and oxygen atoms in total. The van der Waals surface area contributed by atoms with Crippen molar-refractivity contribution in [2.24, 2.45) is 0 Å². The Morgan fingerprint density at radius 3 is 2.72 bits per heavy atom. The van der Waals surface area contributed by atoms with E-state index in [0.29, 0.717) is 11.7 Å². The number of hydrogen-bond donors (Lipinski definition) is 1. The van der Waals surface area contributed by atoms with E-state index in [4.69, 9.17) is 14.0 Å². The molecule has 0 radical (unpaired) electrons. The lowest BCUT2D eigenvalue weighted by atomic mass is 10.1. The Balaban J connectivity index is 1.20. The van der Waals surface area contributed by atoms with E-state index in [9.17, 15) is 4.79 Å². The van der Waals surface area contributed by atoms with E-state index in [1.807, 2.05) is 67.9 Å². The number of carbonyl (C=O) groups excluding carboxylic acids is 1. The summed E-state index contributed by atoms with van der Waals surface area (Å²) in [5.74, 6) is 2.26. The molecule has 0 aliphatic carbocycles. The number of anilines is 2. The van der Waals surface area contributed by atoms with E-state index >= 15 is 0 Å². The second-order valence-corrected chi connectivity index (χ2v) is 9.04. The molecule has 0 bridgehead atoms. The van der Waals surface area contributed by atoms with Gasteiger partial charge in [-0.15, -0.1) is 0 Å². The predicted molar refractivity (Wildman–Crippen MR) is 136 cm³/mol. The number of nitrogens with zero attached hydrogens (tertiary/aromatic N) is 5. The molecule has 0 atom stereocenters. The smallest absolute Gasteiger partial charge is 0.411 e. The van der Waals surface area contributed by atoms with E-state index < -0.39 is 6.09 Å². The van der Waals surface area contributed by atoms with Crippen molar-refractivity contribution in [1.29, 1.82) is 0 Å². The summed E-state index contributed by atoms with van der Waals surface area (Å²) in [6.07, 6.45) is 5.70. The Morgan fingerprint density at radius 1 is 1.19 bits per heavy atom. The summed E-state index contributed by atoms with van der Waals surface area (Å²) in [6.45, 7) is 7.25. The highest BCUT2D eigenvalue weighted by atomic mass is 16.6. The number of rotatable bonds is 7. The van der Waals surface area contributed by atoms with Crippen LogP contribution in [0.4, 0.5) is 16.5 Å². The summed E-state index contributed by atoms with van der Waals surface area (Å²) >= 11 is 0. The number of nitrogens with one attached hydrogen (secondary N) is 1. The summed E-state index contributed by atoms with van der Waals surface area (Å²) < 4.78 is 18.7. The van der Waals surface area contributed by atoms with Crippen molar-refractivity contribution in [1.82, 2.24) is 19.7 Å². The minimum Gasteiger partial charge on any atom is -0.489 e. The number of fused-ring (bicyclic) bond motifs is 1. The Labute approximate surface area is 209 Å². The molecule has 1 amide bonds. The third-order valence-corrected chi connectivity index (χ3v) is 6.04. The molecule has 1 saturated heterocycles. The molecule has 4 aromatic rings. The highest BCUT2D eigenvalue weighted by Crippen LogP contribution is 2.26. The first-order chi connectivity index (χ1) is 17.5. The summed E-state index contributed by atoms with van der Waals surface area (Å²) in [7, 11) is 0. The van der Waals surface area contributed by atoms with Crippen LogP contribution >= 0.6 is 0 Å². The fourth-order valence-corrected chi connectivity index (χ4v) is 4.24. The van der Waals surface area contributed by atoms with Crippen molar-refractivity contribution < 1.29 is 18.8 Å². The SMILES string of the molecule is CCc1noc(N2CCC(Oc3ccc(-n4ccc5cc(NC(=O)OC(C)C)ccc54)nc3)CC2)n1. The first kappa shape index (κ1) is 23.7. The first-order valence-corrected chi connectivity index (χ1v) is 12.3. The molecular weight excluding hydrogens is 460 g/mol. The van der Waals surface area contributed by atoms with E-state index in [1.165, 1.54) is 0 Å². The standard InChI is InChI=1S/C26H30N6O4/c1-4-23-29-25(36-30-23)31-12-10-20(11-13-31)35-21-6-8-24(27-16-21)32-14-9-18-15-19(5-7-22(18)32)28-26(33)34-17(2)3/h5-9,14-17,20H,4,10-13H2,1-3H3,(H,28,33). The molecule has 0 unspecified atom stereocenters. The summed E-state index contributed by atoms with van der Waals surface area (Å²) in [5.41, 5.74) is 1.66. The average Bonchev–Trinajstić information content (AvgIpc) is 3.52. The van der Waals surface area contributed by atoms with E-state index in [1.54, 1.807) is 6.20 Å². The molecule has 1 aliphatic heterocycles. The van der Waals surface area contributed by atoms with Gasteiger partial charge in [-0.2, -0.15) is 4.98 Å². The zero-order chi connectivity index (χ0) is 25.1. The average molecular weight is 491 g/mol. The number of carbonyl (C=O) groups is 1. The molecule has 1 aromatic carbocycles. The molecule has 0 spiro atoms. The van der Waals surface area contributed by atoms with Crippen LogP contribution in [0.2, 0.25) is 0 Å². The Morgan fingerprint density at radius 2 is 2.03 bits per heavy atom. The number of aryl methyl sites for hydroxylation is 1. The largest absolute Gasteiger partial charge is 0.489 e. The summed E-state index contributed by atoms with van der Waals surface area (Å²) in [6, 6.07) is 12.2. The lowest BCUT2D eigenvalue weighted by Gasteiger charge is -2.30. The van der Waals surface area contributed by atoms with Crippen molar-refractivity contribution in [3.8, 4) is 11.6 Å². The zero-order valence-electron chi connectivity index (χ0n) is 20.7. The van der Waals surface area contributed by atoms with Gasteiger partial charge in [0.05, 0.1) is 17.8 Å². The van der Waals surface area contributed by atoms with Crippen LogP contribution in [-0.2, 0) is 11.2 Å². The second-order valence-electron chi connectivity index (χ2n) is 9.04. The normalized spacial score (nSPS) is 14.4. The van der Waals surface area contributed by atoms with Crippen molar-refractivity contribution >= 4 is 28.7 Å². The van der Waals surface area contributed by atoms with Gasteiger partial charge in [-0.05, 0) is 50.2 Å². The van der Waals surface area contributed by atoms with E-state index in [-0.39, 0.29) is 12.2 Å². The van der Waals surface area contributed by atoms with Crippen LogP contribution in [0, 0.1) is 0 Å². The zero-order valence-corrected chi connectivity index (χ0v) is 20.7. The van der Waals surface area contributed by atoms with Gasteiger partial charge >= 0.3 is 12.1 Å². The van der Waals surface area contributed by atoms with Gasteiger partial charge in [0.25, 0.3) is 0 Å². The van der Waals surface area contributed by atoms with Crippen LogP contribution in [0.15, 0.2) is 53.3 Å². The highest BCUT2D eigenvalue weighted by molar-refractivity contribution is 5.90.